The van der Waals surface area contributed by atoms with Crippen molar-refractivity contribution in [2.24, 2.45) is 0 Å². The Morgan fingerprint density at radius 1 is 1.27 bits per heavy atom. The summed E-state index contributed by atoms with van der Waals surface area (Å²) in [5.74, 6) is 1.14. The third-order valence-electron chi connectivity index (χ3n) is 2.34. The highest BCUT2D eigenvalue weighted by Gasteiger charge is 2.29. The molecule has 0 N–H and O–H groups in total. The molecule has 0 aliphatic heterocycles. The van der Waals surface area contributed by atoms with Crippen LogP contribution in [0.25, 0.3) is 0 Å². The number of aryl methyl sites for hydroxylation is 2. The Balaban J connectivity index is 2.42. The molecule has 0 saturated carbocycles. The first-order chi connectivity index (χ1) is 7.00. The molecule has 0 fully saturated rings. The average molecular weight is 206 g/mol. The van der Waals surface area contributed by atoms with E-state index in [-0.39, 0.29) is 0 Å². The minimum Gasteiger partial charge on any atom is -0.423 e. The summed E-state index contributed by atoms with van der Waals surface area (Å²) in [6.45, 7) is 7.71. The lowest BCUT2D eigenvalue weighted by atomic mass is 10.1. The standard InChI is InChI=1S/C10H14N4O/c1-7-5-6-14(13-7)10(3,4)9-12-11-8(2)15-9/h5-6H,1-4H3. The summed E-state index contributed by atoms with van der Waals surface area (Å²) in [5.41, 5.74) is 0.564. The van der Waals surface area contributed by atoms with Gasteiger partial charge < -0.3 is 4.42 Å². The van der Waals surface area contributed by atoms with Gasteiger partial charge in [0.25, 0.3) is 0 Å². The van der Waals surface area contributed by atoms with E-state index in [1.165, 1.54) is 0 Å². The van der Waals surface area contributed by atoms with E-state index in [4.69, 9.17) is 4.42 Å². The van der Waals surface area contributed by atoms with Crippen molar-refractivity contribution in [1.82, 2.24) is 20.0 Å². The second-order valence-corrected chi connectivity index (χ2v) is 4.09. The van der Waals surface area contributed by atoms with Gasteiger partial charge in [0.2, 0.25) is 11.8 Å². The fourth-order valence-electron chi connectivity index (χ4n) is 1.37. The summed E-state index contributed by atoms with van der Waals surface area (Å²) in [7, 11) is 0. The highest BCUT2D eigenvalue weighted by Crippen LogP contribution is 2.23. The second kappa shape index (κ2) is 3.18. The Labute approximate surface area is 88.1 Å². The van der Waals surface area contributed by atoms with E-state index >= 15 is 0 Å². The predicted octanol–water partition coefficient (Wildman–Crippen LogP) is 1.67. The summed E-state index contributed by atoms with van der Waals surface area (Å²) >= 11 is 0. The molecule has 0 spiro atoms. The smallest absolute Gasteiger partial charge is 0.243 e. The first kappa shape index (κ1) is 9.89. The molecule has 0 unspecified atom stereocenters. The second-order valence-electron chi connectivity index (χ2n) is 4.09. The van der Waals surface area contributed by atoms with E-state index < -0.39 is 5.54 Å². The van der Waals surface area contributed by atoms with Crippen LogP contribution >= 0.6 is 0 Å². The molecule has 0 atom stereocenters. The molecule has 15 heavy (non-hydrogen) atoms. The zero-order valence-electron chi connectivity index (χ0n) is 9.35. The first-order valence-electron chi connectivity index (χ1n) is 4.83. The van der Waals surface area contributed by atoms with Crippen LogP contribution in [0, 0.1) is 13.8 Å². The van der Waals surface area contributed by atoms with Gasteiger partial charge in [-0.3, -0.25) is 4.68 Å². The summed E-state index contributed by atoms with van der Waals surface area (Å²) in [4.78, 5) is 0. The molecule has 0 radical (unpaired) electrons. The van der Waals surface area contributed by atoms with E-state index in [9.17, 15) is 0 Å². The van der Waals surface area contributed by atoms with Crippen molar-refractivity contribution in [1.29, 1.82) is 0 Å². The van der Waals surface area contributed by atoms with Gasteiger partial charge in [-0.05, 0) is 26.8 Å². The Morgan fingerprint density at radius 2 is 2.00 bits per heavy atom. The maximum atomic E-state index is 5.43. The van der Waals surface area contributed by atoms with Gasteiger partial charge in [0.15, 0.2) is 0 Å². The third kappa shape index (κ3) is 1.65. The third-order valence-corrected chi connectivity index (χ3v) is 2.34. The molecule has 0 amide bonds. The molecule has 2 heterocycles. The van der Waals surface area contributed by atoms with Crippen LogP contribution in [0.15, 0.2) is 16.7 Å². The van der Waals surface area contributed by atoms with Gasteiger partial charge in [0, 0.05) is 13.1 Å². The topological polar surface area (TPSA) is 56.7 Å². The molecule has 0 aromatic carbocycles. The summed E-state index contributed by atoms with van der Waals surface area (Å²) in [6, 6.07) is 1.95. The van der Waals surface area contributed by atoms with Crippen LogP contribution in [0.2, 0.25) is 0 Å². The van der Waals surface area contributed by atoms with Crippen molar-refractivity contribution >= 4 is 0 Å². The Bertz CT molecular complexity index is 427. The first-order valence-corrected chi connectivity index (χ1v) is 4.83. The van der Waals surface area contributed by atoms with Crippen LogP contribution in [-0.2, 0) is 5.54 Å². The summed E-state index contributed by atoms with van der Waals surface area (Å²) in [5, 5.41) is 12.2. The minimum absolute atomic E-state index is 0.407. The van der Waals surface area contributed by atoms with E-state index in [2.05, 4.69) is 15.3 Å². The molecule has 0 bridgehead atoms. The van der Waals surface area contributed by atoms with Crippen LogP contribution in [-0.4, -0.2) is 20.0 Å². The minimum atomic E-state index is -0.407. The van der Waals surface area contributed by atoms with E-state index in [0.717, 1.165) is 5.69 Å². The monoisotopic (exact) mass is 206 g/mol. The van der Waals surface area contributed by atoms with Crippen LogP contribution in [0.4, 0.5) is 0 Å². The van der Waals surface area contributed by atoms with Gasteiger partial charge in [-0.25, -0.2) is 0 Å². The van der Waals surface area contributed by atoms with Gasteiger partial charge in [-0.1, -0.05) is 0 Å². The Morgan fingerprint density at radius 3 is 2.47 bits per heavy atom. The molecule has 5 heteroatoms. The molecular formula is C10H14N4O. The molecular weight excluding hydrogens is 192 g/mol. The molecule has 0 aliphatic rings. The maximum absolute atomic E-state index is 5.43. The van der Waals surface area contributed by atoms with E-state index in [0.29, 0.717) is 11.8 Å². The Hall–Kier alpha value is -1.65. The number of nitrogens with zero attached hydrogens (tertiary/aromatic N) is 4. The zero-order valence-corrected chi connectivity index (χ0v) is 9.35. The summed E-state index contributed by atoms with van der Waals surface area (Å²) < 4.78 is 7.26. The van der Waals surface area contributed by atoms with Crippen molar-refractivity contribution in [3.8, 4) is 0 Å². The largest absolute Gasteiger partial charge is 0.423 e. The molecule has 0 saturated heterocycles. The number of aromatic nitrogens is 4. The van der Waals surface area contributed by atoms with Crippen molar-refractivity contribution in [2.45, 2.75) is 33.2 Å². The molecule has 2 aromatic heterocycles. The van der Waals surface area contributed by atoms with Gasteiger partial charge in [-0.15, -0.1) is 10.2 Å². The SMILES string of the molecule is Cc1ccn(C(C)(C)c2nnc(C)o2)n1. The molecule has 2 aromatic rings. The van der Waals surface area contributed by atoms with Gasteiger partial charge in [-0.2, -0.15) is 5.10 Å². The lowest BCUT2D eigenvalue weighted by Gasteiger charge is -2.20. The van der Waals surface area contributed by atoms with E-state index in [1.807, 2.05) is 37.7 Å². The predicted molar refractivity (Wildman–Crippen MR) is 54.4 cm³/mol. The Kier molecular flexibility index (Phi) is 2.10. The highest BCUT2D eigenvalue weighted by molar-refractivity contribution is 5.04. The molecule has 2 rings (SSSR count). The molecule has 5 nitrogen and oxygen atoms in total. The van der Waals surface area contributed by atoms with Gasteiger partial charge in [0.1, 0.15) is 5.54 Å². The number of rotatable bonds is 2. The van der Waals surface area contributed by atoms with Crippen molar-refractivity contribution in [3.05, 3.63) is 29.7 Å². The van der Waals surface area contributed by atoms with Crippen LogP contribution in [0.3, 0.4) is 0 Å². The average Bonchev–Trinajstić information content (AvgIpc) is 2.74. The van der Waals surface area contributed by atoms with E-state index in [1.54, 1.807) is 6.92 Å². The highest BCUT2D eigenvalue weighted by atomic mass is 16.4. The maximum Gasteiger partial charge on any atom is 0.243 e. The zero-order chi connectivity index (χ0) is 11.1. The van der Waals surface area contributed by atoms with Crippen molar-refractivity contribution in [3.63, 3.8) is 0 Å². The van der Waals surface area contributed by atoms with Crippen LogP contribution < -0.4 is 0 Å². The van der Waals surface area contributed by atoms with Gasteiger partial charge >= 0.3 is 0 Å². The fraction of sp³-hybridized carbons (Fsp3) is 0.500. The fourth-order valence-corrected chi connectivity index (χ4v) is 1.37. The van der Waals surface area contributed by atoms with Crippen LogP contribution in [0.5, 0.6) is 0 Å². The molecule has 80 valence electrons. The lowest BCUT2D eigenvalue weighted by molar-refractivity contribution is 0.292. The van der Waals surface area contributed by atoms with Crippen LogP contribution in [0.1, 0.15) is 31.3 Å². The quantitative estimate of drug-likeness (QED) is 0.750. The molecule has 0 aliphatic carbocycles. The number of hydrogen-bond donors (Lipinski definition) is 0. The van der Waals surface area contributed by atoms with Crippen molar-refractivity contribution < 1.29 is 4.42 Å². The number of hydrogen-bond acceptors (Lipinski definition) is 4. The normalized spacial score (nSPS) is 12.0. The summed E-state index contributed by atoms with van der Waals surface area (Å²) in [6.07, 6.45) is 1.91. The van der Waals surface area contributed by atoms with Gasteiger partial charge in [0.05, 0.1) is 5.69 Å². The van der Waals surface area contributed by atoms with Crippen molar-refractivity contribution in [2.75, 3.05) is 0 Å². The lowest BCUT2D eigenvalue weighted by Crippen LogP contribution is -2.28.